The van der Waals surface area contributed by atoms with Crippen LogP contribution < -0.4 is 5.32 Å². The Morgan fingerprint density at radius 2 is 2.11 bits per heavy atom. The molecule has 1 unspecified atom stereocenters. The molecule has 0 spiro atoms. The molecular weight excluding hydrogens is 230 g/mol. The summed E-state index contributed by atoms with van der Waals surface area (Å²) in [5, 5.41) is 25.3. The first-order chi connectivity index (χ1) is 8.81. The molecule has 0 saturated carbocycles. The molecule has 1 atom stereocenters. The summed E-state index contributed by atoms with van der Waals surface area (Å²) in [5.74, 6) is 0. The maximum absolute atomic E-state index is 9.26. The largest absolute Gasteiger partial charge is 0.394 e. The SMILES string of the molecule is OCC(O)CNCc1ccccc1-n1cccn1. The van der Waals surface area contributed by atoms with Gasteiger partial charge in [0, 0.05) is 25.5 Å². The van der Waals surface area contributed by atoms with Crippen molar-refractivity contribution in [2.45, 2.75) is 12.6 Å². The van der Waals surface area contributed by atoms with Crippen LogP contribution >= 0.6 is 0 Å². The third kappa shape index (κ3) is 3.16. The molecule has 5 heteroatoms. The van der Waals surface area contributed by atoms with Gasteiger partial charge in [-0.3, -0.25) is 0 Å². The maximum atomic E-state index is 9.26. The van der Waals surface area contributed by atoms with E-state index in [1.54, 1.807) is 10.9 Å². The molecular formula is C13H17N3O2. The number of hydrogen-bond acceptors (Lipinski definition) is 4. The van der Waals surface area contributed by atoms with Crippen LogP contribution in [0.4, 0.5) is 0 Å². The van der Waals surface area contributed by atoms with Gasteiger partial charge in [-0.2, -0.15) is 5.10 Å². The van der Waals surface area contributed by atoms with Gasteiger partial charge in [-0.25, -0.2) is 4.68 Å². The Balaban J connectivity index is 2.04. The Morgan fingerprint density at radius 3 is 2.83 bits per heavy atom. The first kappa shape index (κ1) is 12.8. The Kier molecular flexibility index (Phi) is 4.46. The highest BCUT2D eigenvalue weighted by Gasteiger charge is 2.05. The maximum Gasteiger partial charge on any atom is 0.0895 e. The predicted molar refractivity (Wildman–Crippen MR) is 68.4 cm³/mol. The second-order valence-corrected chi connectivity index (χ2v) is 4.05. The van der Waals surface area contributed by atoms with Crippen LogP contribution in [-0.2, 0) is 6.54 Å². The molecule has 0 saturated heterocycles. The Morgan fingerprint density at radius 1 is 1.28 bits per heavy atom. The van der Waals surface area contributed by atoms with Crippen LogP contribution in [0.2, 0.25) is 0 Å². The highest BCUT2D eigenvalue weighted by Crippen LogP contribution is 2.12. The van der Waals surface area contributed by atoms with E-state index in [1.807, 2.05) is 36.5 Å². The second kappa shape index (κ2) is 6.30. The van der Waals surface area contributed by atoms with E-state index in [4.69, 9.17) is 5.11 Å². The molecule has 18 heavy (non-hydrogen) atoms. The van der Waals surface area contributed by atoms with Crippen LogP contribution in [0.3, 0.4) is 0 Å². The van der Waals surface area contributed by atoms with Crippen LogP contribution in [0, 0.1) is 0 Å². The average Bonchev–Trinajstić information content (AvgIpc) is 2.93. The van der Waals surface area contributed by atoms with E-state index < -0.39 is 6.10 Å². The molecule has 0 radical (unpaired) electrons. The monoisotopic (exact) mass is 247 g/mol. The van der Waals surface area contributed by atoms with Gasteiger partial charge in [-0.05, 0) is 17.7 Å². The topological polar surface area (TPSA) is 70.3 Å². The van der Waals surface area contributed by atoms with Gasteiger partial charge in [0.1, 0.15) is 0 Å². The molecule has 5 nitrogen and oxygen atoms in total. The van der Waals surface area contributed by atoms with Gasteiger partial charge in [-0.15, -0.1) is 0 Å². The summed E-state index contributed by atoms with van der Waals surface area (Å²) in [6.45, 7) is 0.755. The molecule has 96 valence electrons. The zero-order valence-electron chi connectivity index (χ0n) is 10.0. The van der Waals surface area contributed by atoms with Gasteiger partial charge in [0.25, 0.3) is 0 Å². The summed E-state index contributed by atoms with van der Waals surface area (Å²) < 4.78 is 1.81. The Labute approximate surface area is 106 Å². The second-order valence-electron chi connectivity index (χ2n) is 4.05. The number of para-hydroxylation sites is 1. The zero-order chi connectivity index (χ0) is 12.8. The van der Waals surface area contributed by atoms with Crippen molar-refractivity contribution in [2.24, 2.45) is 0 Å². The van der Waals surface area contributed by atoms with E-state index in [2.05, 4.69) is 10.4 Å². The summed E-state index contributed by atoms with van der Waals surface area (Å²) in [5.41, 5.74) is 2.10. The number of nitrogens with one attached hydrogen (secondary N) is 1. The quantitative estimate of drug-likeness (QED) is 0.687. The predicted octanol–water partition coefficient (Wildman–Crippen LogP) is 0.315. The lowest BCUT2D eigenvalue weighted by Crippen LogP contribution is -2.29. The fraction of sp³-hybridized carbons (Fsp3) is 0.308. The minimum atomic E-state index is -0.720. The van der Waals surface area contributed by atoms with Crippen molar-refractivity contribution in [1.82, 2.24) is 15.1 Å². The molecule has 1 aromatic carbocycles. The first-order valence-electron chi connectivity index (χ1n) is 5.89. The number of nitrogens with zero attached hydrogens (tertiary/aromatic N) is 2. The van der Waals surface area contributed by atoms with Gasteiger partial charge in [0.2, 0.25) is 0 Å². The number of aliphatic hydroxyl groups is 2. The molecule has 2 aromatic rings. The number of hydrogen-bond donors (Lipinski definition) is 3. The molecule has 0 aliphatic rings. The van der Waals surface area contributed by atoms with Gasteiger partial charge in [0.15, 0.2) is 0 Å². The van der Waals surface area contributed by atoms with Crippen molar-refractivity contribution in [3.05, 3.63) is 48.3 Å². The van der Waals surface area contributed by atoms with E-state index in [9.17, 15) is 5.11 Å². The number of aromatic nitrogens is 2. The number of aliphatic hydroxyl groups excluding tert-OH is 2. The van der Waals surface area contributed by atoms with E-state index in [0.29, 0.717) is 13.1 Å². The molecule has 0 aliphatic heterocycles. The Bertz CT molecular complexity index is 471. The summed E-state index contributed by atoms with van der Waals surface area (Å²) in [4.78, 5) is 0. The van der Waals surface area contributed by atoms with Gasteiger partial charge < -0.3 is 15.5 Å². The van der Waals surface area contributed by atoms with Crippen molar-refractivity contribution in [3.63, 3.8) is 0 Å². The molecule has 0 aliphatic carbocycles. The molecule has 2 rings (SSSR count). The van der Waals surface area contributed by atoms with Crippen molar-refractivity contribution in [2.75, 3.05) is 13.2 Å². The van der Waals surface area contributed by atoms with E-state index in [0.717, 1.165) is 11.3 Å². The van der Waals surface area contributed by atoms with Gasteiger partial charge in [-0.1, -0.05) is 18.2 Å². The van der Waals surface area contributed by atoms with Crippen molar-refractivity contribution < 1.29 is 10.2 Å². The van der Waals surface area contributed by atoms with Crippen molar-refractivity contribution >= 4 is 0 Å². The van der Waals surface area contributed by atoms with E-state index in [1.165, 1.54) is 0 Å². The molecule has 0 fully saturated rings. The molecule has 0 bridgehead atoms. The molecule has 1 aromatic heterocycles. The van der Waals surface area contributed by atoms with E-state index >= 15 is 0 Å². The van der Waals surface area contributed by atoms with Gasteiger partial charge >= 0.3 is 0 Å². The fourth-order valence-corrected chi connectivity index (χ4v) is 1.73. The molecule has 1 heterocycles. The van der Waals surface area contributed by atoms with Crippen LogP contribution in [0.1, 0.15) is 5.56 Å². The lowest BCUT2D eigenvalue weighted by atomic mass is 10.1. The normalized spacial score (nSPS) is 12.6. The highest BCUT2D eigenvalue weighted by molar-refractivity contribution is 5.40. The van der Waals surface area contributed by atoms with Crippen LogP contribution in [0.25, 0.3) is 5.69 Å². The van der Waals surface area contributed by atoms with E-state index in [-0.39, 0.29) is 6.61 Å². The molecule has 0 amide bonds. The lowest BCUT2D eigenvalue weighted by Gasteiger charge is -2.12. The van der Waals surface area contributed by atoms with Crippen LogP contribution in [-0.4, -0.2) is 39.2 Å². The standard InChI is InChI=1S/C13H17N3O2/c17-10-12(18)9-14-8-11-4-1-2-5-13(11)16-7-3-6-15-16/h1-7,12,14,17-18H,8-10H2. The zero-order valence-corrected chi connectivity index (χ0v) is 10.0. The van der Waals surface area contributed by atoms with Crippen molar-refractivity contribution in [1.29, 1.82) is 0 Å². The minimum absolute atomic E-state index is 0.228. The smallest absolute Gasteiger partial charge is 0.0895 e. The average molecular weight is 247 g/mol. The fourth-order valence-electron chi connectivity index (χ4n) is 1.73. The van der Waals surface area contributed by atoms with Gasteiger partial charge in [0.05, 0.1) is 18.4 Å². The number of benzene rings is 1. The summed E-state index contributed by atoms with van der Waals surface area (Å²) in [6, 6.07) is 9.80. The summed E-state index contributed by atoms with van der Waals surface area (Å²) in [6.07, 6.45) is 2.91. The molecule has 3 N–H and O–H groups in total. The first-order valence-corrected chi connectivity index (χ1v) is 5.89. The van der Waals surface area contributed by atoms with Crippen molar-refractivity contribution in [3.8, 4) is 5.69 Å². The highest BCUT2D eigenvalue weighted by atomic mass is 16.3. The summed E-state index contributed by atoms with van der Waals surface area (Å²) >= 11 is 0. The minimum Gasteiger partial charge on any atom is -0.394 e. The number of rotatable bonds is 6. The lowest BCUT2D eigenvalue weighted by molar-refractivity contribution is 0.0942. The summed E-state index contributed by atoms with van der Waals surface area (Å²) in [7, 11) is 0. The van der Waals surface area contributed by atoms with Crippen LogP contribution in [0.5, 0.6) is 0 Å². The Hall–Kier alpha value is -1.69. The van der Waals surface area contributed by atoms with Crippen LogP contribution in [0.15, 0.2) is 42.7 Å². The third-order valence-electron chi connectivity index (χ3n) is 2.65. The third-order valence-corrected chi connectivity index (χ3v) is 2.65.